The maximum atomic E-state index is 11.4. The molecule has 1 atom stereocenters. The number of benzene rings is 1. The fourth-order valence-corrected chi connectivity index (χ4v) is 1.95. The molecule has 4 nitrogen and oxygen atoms in total. The molecule has 1 rings (SSSR count). The van der Waals surface area contributed by atoms with Crippen molar-refractivity contribution in [3.8, 4) is 5.75 Å². The molecule has 0 bridgehead atoms. The molecule has 1 aromatic rings. The maximum Gasteiger partial charge on any atom is 0.308 e. The van der Waals surface area contributed by atoms with Crippen molar-refractivity contribution in [3.63, 3.8) is 0 Å². The Hall–Kier alpha value is -1.07. The third-order valence-corrected chi connectivity index (χ3v) is 4.03. The predicted molar refractivity (Wildman–Crippen MR) is 71.9 cm³/mol. The van der Waals surface area contributed by atoms with Crippen LogP contribution in [0, 0.1) is 0 Å². The molecule has 0 aliphatic carbocycles. The molecular weight excluding hydrogens is 250 g/mol. The smallest absolute Gasteiger partial charge is 0.308 e. The van der Waals surface area contributed by atoms with Crippen LogP contribution in [0.1, 0.15) is 32.8 Å². The van der Waals surface area contributed by atoms with Crippen LogP contribution in [0.15, 0.2) is 24.3 Å². The molecule has 0 heterocycles. The third kappa shape index (κ3) is 5.06. The lowest BCUT2D eigenvalue weighted by Crippen LogP contribution is -2.87. The molecule has 18 heavy (non-hydrogen) atoms. The van der Waals surface area contributed by atoms with Crippen LogP contribution in [0.5, 0.6) is 5.75 Å². The van der Waals surface area contributed by atoms with E-state index < -0.39 is 10.1 Å². The van der Waals surface area contributed by atoms with Gasteiger partial charge in [-0.1, -0.05) is 19.1 Å². The molecule has 5 heteroatoms. The average molecular weight is 272 g/mol. The Balaban J connectivity index is 2.68. The van der Waals surface area contributed by atoms with E-state index in [-0.39, 0.29) is 5.75 Å². The van der Waals surface area contributed by atoms with Crippen molar-refractivity contribution >= 4 is 10.1 Å². The highest BCUT2D eigenvalue weighted by Crippen LogP contribution is 2.15. The molecular formula is C13H22NO3S+. The van der Waals surface area contributed by atoms with Crippen LogP contribution in [0.4, 0.5) is 0 Å². The lowest BCUT2D eigenvalue weighted by molar-refractivity contribution is -0.701. The van der Waals surface area contributed by atoms with Crippen LogP contribution >= 0.6 is 0 Å². The second-order valence-electron chi connectivity index (χ2n) is 4.40. The molecule has 102 valence electrons. The zero-order valence-corrected chi connectivity index (χ0v) is 12.0. The van der Waals surface area contributed by atoms with Crippen molar-refractivity contribution in [2.75, 3.05) is 5.75 Å². The van der Waals surface area contributed by atoms with E-state index >= 15 is 0 Å². The number of hydrogen-bond acceptors (Lipinski definition) is 3. The number of hydrogen-bond donors (Lipinski definition) is 1. The standard InChI is InChI=1S/C13H21NO3S/c1-4-11(3)14-10-12-7-6-8-13(9-12)17-18(15,16)5-2/h6-9,11,14H,4-5,10H2,1-3H3/p+1/t11-/m0/s1. The fourth-order valence-electron chi connectivity index (χ4n) is 1.43. The van der Waals surface area contributed by atoms with E-state index in [2.05, 4.69) is 19.2 Å². The molecule has 0 aromatic heterocycles. The van der Waals surface area contributed by atoms with Gasteiger partial charge < -0.3 is 9.50 Å². The van der Waals surface area contributed by atoms with Gasteiger partial charge in [-0.25, -0.2) is 0 Å². The average Bonchev–Trinajstić information content (AvgIpc) is 2.36. The topological polar surface area (TPSA) is 60.0 Å². The number of quaternary nitrogens is 1. The quantitative estimate of drug-likeness (QED) is 0.761. The SMILES string of the molecule is CC[C@H](C)[NH2+]Cc1cccc(OS(=O)(=O)CC)c1. The van der Waals surface area contributed by atoms with E-state index in [1.165, 1.54) is 0 Å². The van der Waals surface area contributed by atoms with Crippen molar-refractivity contribution in [2.24, 2.45) is 0 Å². The molecule has 0 aliphatic rings. The molecule has 0 aliphatic heterocycles. The summed E-state index contributed by atoms with van der Waals surface area (Å²) in [4.78, 5) is 0. The highest BCUT2D eigenvalue weighted by Gasteiger charge is 2.10. The van der Waals surface area contributed by atoms with Crippen LogP contribution in [0.3, 0.4) is 0 Å². The van der Waals surface area contributed by atoms with E-state index in [4.69, 9.17) is 4.18 Å². The zero-order chi connectivity index (χ0) is 13.6. The summed E-state index contributed by atoms with van der Waals surface area (Å²) in [5.74, 6) is 0.378. The Morgan fingerprint density at radius 3 is 2.67 bits per heavy atom. The molecule has 0 saturated carbocycles. The lowest BCUT2D eigenvalue weighted by atomic mass is 10.2. The van der Waals surface area contributed by atoms with Crippen molar-refractivity contribution in [1.82, 2.24) is 0 Å². The summed E-state index contributed by atoms with van der Waals surface area (Å²) in [6.45, 7) is 6.71. The first-order valence-corrected chi connectivity index (χ1v) is 7.89. The zero-order valence-electron chi connectivity index (χ0n) is 11.2. The van der Waals surface area contributed by atoms with Gasteiger partial charge in [-0.3, -0.25) is 0 Å². The summed E-state index contributed by atoms with van der Waals surface area (Å²) >= 11 is 0. The number of nitrogens with two attached hydrogens (primary N) is 1. The van der Waals surface area contributed by atoms with Crippen LogP contribution < -0.4 is 9.50 Å². The van der Waals surface area contributed by atoms with E-state index in [9.17, 15) is 8.42 Å². The van der Waals surface area contributed by atoms with Gasteiger partial charge in [0.05, 0.1) is 11.8 Å². The number of rotatable bonds is 7. The van der Waals surface area contributed by atoms with E-state index in [1.54, 1.807) is 19.1 Å². The van der Waals surface area contributed by atoms with Gasteiger partial charge in [-0.05, 0) is 32.4 Å². The van der Waals surface area contributed by atoms with Gasteiger partial charge in [0.25, 0.3) is 0 Å². The predicted octanol–water partition coefficient (Wildman–Crippen LogP) is 1.28. The molecule has 1 aromatic carbocycles. The Labute approximate surface area is 109 Å². The van der Waals surface area contributed by atoms with Gasteiger partial charge in [-0.2, -0.15) is 8.42 Å². The Morgan fingerprint density at radius 1 is 1.33 bits per heavy atom. The van der Waals surface area contributed by atoms with Gasteiger partial charge in [0, 0.05) is 5.56 Å². The third-order valence-electron chi connectivity index (χ3n) is 2.88. The monoisotopic (exact) mass is 272 g/mol. The van der Waals surface area contributed by atoms with Gasteiger partial charge in [0.1, 0.15) is 12.3 Å². The highest BCUT2D eigenvalue weighted by molar-refractivity contribution is 7.87. The first-order valence-electron chi connectivity index (χ1n) is 6.31. The molecule has 2 N–H and O–H groups in total. The molecule has 0 saturated heterocycles. The van der Waals surface area contributed by atoms with Crippen molar-refractivity contribution in [2.45, 2.75) is 39.8 Å². The Bertz CT molecular complexity index is 471. The summed E-state index contributed by atoms with van der Waals surface area (Å²) in [7, 11) is -3.44. The van der Waals surface area contributed by atoms with Crippen LogP contribution in [-0.2, 0) is 16.7 Å². The van der Waals surface area contributed by atoms with Crippen LogP contribution in [0.25, 0.3) is 0 Å². The maximum absolute atomic E-state index is 11.4. The van der Waals surface area contributed by atoms with Crippen molar-refractivity contribution in [3.05, 3.63) is 29.8 Å². The first kappa shape index (κ1) is 15.0. The van der Waals surface area contributed by atoms with E-state index in [0.29, 0.717) is 11.8 Å². The highest BCUT2D eigenvalue weighted by atomic mass is 32.2. The fraction of sp³-hybridized carbons (Fsp3) is 0.538. The largest absolute Gasteiger partial charge is 0.382 e. The molecule has 0 radical (unpaired) electrons. The Morgan fingerprint density at radius 2 is 2.06 bits per heavy atom. The molecule has 0 fully saturated rings. The minimum Gasteiger partial charge on any atom is -0.382 e. The minimum absolute atomic E-state index is 0.0176. The van der Waals surface area contributed by atoms with Gasteiger partial charge in [0.2, 0.25) is 0 Å². The summed E-state index contributed by atoms with van der Waals surface area (Å²) in [5.41, 5.74) is 1.07. The van der Waals surface area contributed by atoms with Gasteiger partial charge >= 0.3 is 10.1 Å². The van der Waals surface area contributed by atoms with Crippen molar-refractivity contribution < 1.29 is 17.9 Å². The Kier molecular flexibility index (Phi) is 5.62. The van der Waals surface area contributed by atoms with Gasteiger partial charge in [0.15, 0.2) is 0 Å². The first-order chi connectivity index (χ1) is 8.46. The van der Waals surface area contributed by atoms with E-state index in [0.717, 1.165) is 18.5 Å². The lowest BCUT2D eigenvalue weighted by Gasteiger charge is -2.09. The summed E-state index contributed by atoms with van der Waals surface area (Å²) in [5, 5.41) is 2.23. The van der Waals surface area contributed by atoms with Crippen LogP contribution in [-0.4, -0.2) is 20.2 Å². The molecule has 0 amide bonds. The second-order valence-corrected chi connectivity index (χ2v) is 6.26. The van der Waals surface area contributed by atoms with Gasteiger partial charge in [-0.15, -0.1) is 0 Å². The normalized spacial score (nSPS) is 13.3. The van der Waals surface area contributed by atoms with E-state index in [1.807, 2.05) is 12.1 Å². The van der Waals surface area contributed by atoms with Crippen molar-refractivity contribution in [1.29, 1.82) is 0 Å². The van der Waals surface area contributed by atoms with Crippen LogP contribution in [0.2, 0.25) is 0 Å². The molecule has 0 unspecified atom stereocenters. The second kappa shape index (κ2) is 6.75. The minimum atomic E-state index is -3.44. The summed E-state index contributed by atoms with van der Waals surface area (Å²) in [6.07, 6.45) is 1.11. The molecule has 0 spiro atoms. The summed E-state index contributed by atoms with van der Waals surface area (Å²) < 4.78 is 27.7. The summed E-state index contributed by atoms with van der Waals surface area (Å²) in [6, 6.07) is 7.81.